The predicted molar refractivity (Wildman–Crippen MR) is 119 cm³/mol. The molecule has 0 saturated carbocycles. The highest BCUT2D eigenvalue weighted by atomic mass is 35.5. The number of rotatable bonds is 7. The predicted octanol–water partition coefficient (Wildman–Crippen LogP) is 3.07. The molecule has 3 aromatic rings. The second-order valence-corrected chi connectivity index (χ2v) is 8.25. The van der Waals surface area contributed by atoms with Crippen molar-refractivity contribution in [1.82, 2.24) is 19.2 Å². The number of benzene rings is 1. The molecular formula is C23H27ClN4O2. The molecule has 1 atom stereocenters. The molecule has 0 bridgehead atoms. The van der Waals surface area contributed by atoms with E-state index in [9.17, 15) is 4.79 Å². The first-order valence-corrected chi connectivity index (χ1v) is 10.7. The number of halogens is 1. The molecule has 3 heterocycles. The summed E-state index contributed by atoms with van der Waals surface area (Å²) in [4.78, 5) is 22.1. The number of nitrogens with zero attached hydrogens (tertiary/aromatic N) is 4. The highest BCUT2D eigenvalue weighted by Gasteiger charge is 2.20. The van der Waals surface area contributed by atoms with Gasteiger partial charge in [-0.3, -0.25) is 19.0 Å². The summed E-state index contributed by atoms with van der Waals surface area (Å²) in [5, 5.41) is 0.518. The van der Waals surface area contributed by atoms with Crippen LogP contribution in [0.3, 0.4) is 0 Å². The molecular weight excluding hydrogens is 400 g/mol. The monoisotopic (exact) mass is 426 g/mol. The van der Waals surface area contributed by atoms with Crippen LogP contribution in [0.2, 0.25) is 5.02 Å². The average molecular weight is 427 g/mol. The minimum absolute atomic E-state index is 0.113. The summed E-state index contributed by atoms with van der Waals surface area (Å²) in [6, 6.07) is 15.9. The van der Waals surface area contributed by atoms with Gasteiger partial charge in [-0.25, -0.2) is 4.98 Å². The van der Waals surface area contributed by atoms with Crippen LogP contribution in [-0.2, 0) is 17.8 Å². The van der Waals surface area contributed by atoms with E-state index in [1.165, 1.54) is 9.96 Å². The molecule has 30 heavy (non-hydrogen) atoms. The number of hydrogen-bond donors (Lipinski definition) is 0. The highest BCUT2D eigenvalue weighted by molar-refractivity contribution is 6.30. The van der Waals surface area contributed by atoms with Crippen LogP contribution in [0.4, 0.5) is 0 Å². The van der Waals surface area contributed by atoms with Crippen molar-refractivity contribution in [1.29, 1.82) is 0 Å². The SMILES string of the molecule is CC(CN1CCOCC1)N(Cc1ccccc1)Cc1cc(=O)n2cc(Cl)ccc2n1. The van der Waals surface area contributed by atoms with Crippen LogP contribution in [0.5, 0.6) is 0 Å². The third-order valence-corrected chi connectivity index (χ3v) is 5.74. The summed E-state index contributed by atoms with van der Waals surface area (Å²) in [6.45, 7) is 8.10. The maximum absolute atomic E-state index is 12.6. The van der Waals surface area contributed by atoms with Crippen LogP contribution >= 0.6 is 11.6 Å². The molecule has 2 aromatic heterocycles. The Kier molecular flexibility index (Phi) is 6.79. The van der Waals surface area contributed by atoms with Gasteiger partial charge in [0.1, 0.15) is 5.65 Å². The highest BCUT2D eigenvalue weighted by Crippen LogP contribution is 2.15. The fraction of sp³-hybridized carbons (Fsp3) is 0.391. The Hall–Kier alpha value is -2.25. The number of morpholine rings is 1. The van der Waals surface area contributed by atoms with Gasteiger partial charge in [-0.15, -0.1) is 0 Å². The van der Waals surface area contributed by atoms with Crippen molar-refractivity contribution < 1.29 is 4.74 Å². The van der Waals surface area contributed by atoms with Gasteiger partial charge in [0.25, 0.3) is 5.56 Å². The molecule has 1 aliphatic rings. The lowest BCUT2D eigenvalue weighted by molar-refractivity contribution is 0.0224. The molecule has 1 unspecified atom stereocenters. The number of ether oxygens (including phenoxy) is 1. The number of aromatic nitrogens is 2. The first-order chi connectivity index (χ1) is 14.6. The van der Waals surface area contributed by atoms with Gasteiger partial charge < -0.3 is 4.74 Å². The van der Waals surface area contributed by atoms with E-state index in [-0.39, 0.29) is 5.56 Å². The van der Waals surface area contributed by atoms with Crippen LogP contribution in [0, 0.1) is 0 Å². The summed E-state index contributed by atoms with van der Waals surface area (Å²) in [7, 11) is 0. The van der Waals surface area contributed by atoms with E-state index in [1.54, 1.807) is 24.4 Å². The maximum atomic E-state index is 12.6. The Morgan fingerprint density at radius 1 is 1.13 bits per heavy atom. The van der Waals surface area contributed by atoms with Crippen molar-refractivity contribution >= 4 is 17.2 Å². The molecule has 1 aliphatic heterocycles. The van der Waals surface area contributed by atoms with E-state index in [1.807, 2.05) is 6.07 Å². The van der Waals surface area contributed by atoms with Gasteiger partial charge in [0.2, 0.25) is 0 Å². The molecule has 1 fully saturated rings. The van der Waals surface area contributed by atoms with Crippen LogP contribution in [0.1, 0.15) is 18.2 Å². The summed E-state index contributed by atoms with van der Waals surface area (Å²) in [5.74, 6) is 0. The van der Waals surface area contributed by atoms with E-state index in [2.05, 4.69) is 41.0 Å². The summed E-state index contributed by atoms with van der Waals surface area (Å²) >= 11 is 6.03. The molecule has 1 saturated heterocycles. The summed E-state index contributed by atoms with van der Waals surface area (Å²) < 4.78 is 6.97. The molecule has 0 N–H and O–H groups in total. The second-order valence-electron chi connectivity index (χ2n) is 7.81. The van der Waals surface area contributed by atoms with Gasteiger partial charge in [-0.2, -0.15) is 0 Å². The largest absolute Gasteiger partial charge is 0.379 e. The van der Waals surface area contributed by atoms with E-state index in [4.69, 9.17) is 21.3 Å². The molecule has 4 rings (SSSR count). The molecule has 1 aromatic carbocycles. The molecule has 0 spiro atoms. The second kappa shape index (κ2) is 9.71. The van der Waals surface area contributed by atoms with Gasteiger partial charge in [0.15, 0.2) is 0 Å². The third kappa shape index (κ3) is 5.26. The van der Waals surface area contributed by atoms with E-state index in [0.29, 0.717) is 23.3 Å². The quantitative estimate of drug-likeness (QED) is 0.581. The Morgan fingerprint density at radius 2 is 1.90 bits per heavy atom. The van der Waals surface area contributed by atoms with Crippen molar-refractivity contribution in [3.05, 3.63) is 81.4 Å². The maximum Gasteiger partial charge on any atom is 0.258 e. The first kappa shape index (κ1) is 21.0. The van der Waals surface area contributed by atoms with Crippen molar-refractivity contribution in [3.8, 4) is 0 Å². The van der Waals surface area contributed by atoms with Crippen LogP contribution < -0.4 is 5.56 Å². The third-order valence-electron chi connectivity index (χ3n) is 5.52. The number of hydrogen-bond acceptors (Lipinski definition) is 5. The lowest BCUT2D eigenvalue weighted by Gasteiger charge is -2.35. The standard InChI is InChI=1S/C23H27ClN4O2/c1-18(14-26-9-11-30-12-10-26)27(15-19-5-3-2-4-6-19)17-21-13-23(29)28-16-20(24)7-8-22(28)25-21/h2-8,13,16,18H,9-12,14-15,17H2,1H3. The normalized spacial score (nSPS) is 16.2. The fourth-order valence-electron chi connectivity index (χ4n) is 3.87. The number of fused-ring (bicyclic) bond motifs is 1. The minimum Gasteiger partial charge on any atom is -0.379 e. The lowest BCUT2D eigenvalue weighted by atomic mass is 10.1. The van der Waals surface area contributed by atoms with Crippen molar-refractivity contribution in [2.45, 2.75) is 26.1 Å². The fourth-order valence-corrected chi connectivity index (χ4v) is 4.03. The molecule has 0 radical (unpaired) electrons. The van der Waals surface area contributed by atoms with Gasteiger partial charge in [0.05, 0.1) is 23.9 Å². The smallest absolute Gasteiger partial charge is 0.258 e. The Bertz CT molecular complexity index is 1030. The van der Waals surface area contributed by atoms with E-state index < -0.39 is 0 Å². The Balaban J connectivity index is 1.57. The van der Waals surface area contributed by atoms with E-state index >= 15 is 0 Å². The average Bonchev–Trinajstić information content (AvgIpc) is 2.75. The zero-order valence-electron chi connectivity index (χ0n) is 17.2. The topological polar surface area (TPSA) is 50.1 Å². The van der Waals surface area contributed by atoms with Crippen LogP contribution in [-0.4, -0.2) is 58.1 Å². The van der Waals surface area contributed by atoms with Gasteiger partial charge >= 0.3 is 0 Å². The van der Waals surface area contributed by atoms with Gasteiger partial charge in [0, 0.05) is 51.0 Å². The summed E-state index contributed by atoms with van der Waals surface area (Å²) in [6.07, 6.45) is 1.61. The summed E-state index contributed by atoms with van der Waals surface area (Å²) in [5.41, 5.74) is 2.52. The zero-order valence-corrected chi connectivity index (χ0v) is 18.0. The lowest BCUT2D eigenvalue weighted by Crippen LogP contribution is -2.45. The van der Waals surface area contributed by atoms with E-state index in [0.717, 1.165) is 45.1 Å². The molecule has 6 nitrogen and oxygen atoms in total. The molecule has 0 aliphatic carbocycles. The molecule has 0 amide bonds. The first-order valence-electron chi connectivity index (χ1n) is 10.3. The molecule has 158 valence electrons. The minimum atomic E-state index is -0.113. The van der Waals surface area contributed by atoms with Crippen LogP contribution in [0.15, 0.2) is 59.5 Å². The molecule has 7 heteroatoms. The van der Waals surface area contributed by atoms with Crippen molar-refractivity contribution in [2.75, 3.05) is 32.8 Å². The Labute approximate surface area is 181 Å². The van der Waals surface area contributed by atoms with Crippen LogP contribution in [0.25, 0.3) is 5.65 Å². The van der Waals surface area contributed by atoms with Crippen molar-refractivity contribution in [3.63, 3.8) is 0 Å². The Morgan fingerprint density at radius 3 is 2.67 bits per heavy atom. The zero-order chi connectivity index (χ0) is 20.9. The van der Waals surface area contributed by atoms with Crippen molar-refractivity contribution in [2.24, 2.45) is 0 Å². The van der Waals surface area contributed by atoms with Gasteiger partial charge in [-0.1, -0.05) is 41.9 Å². The number of pyridine rings is 1. The van der Waals surface area contributed by atoms with Gasteiger partial charge in [-0.05, 0) is 24.6 Å².